The predicted octanol–water partition coefficient (Wildman–Crippen LogP) is 2.27. The van der Waals surface area contributed by atoms with Gasteiger partial charge in [0.15, 0.2) is 5.17 Å². The summed E-state index contributed by atoms with van der Waals surface area (Å²) in [5.41, 5.74) is 2.41. The fourth-order valence-electron chi connectivity index (χ4n) is 4.39. The molecule has 156 valence electrons. The van der Waals surface area contributed by atoms with E-state index in [1.54, 1.807) is 11.8 Å². The molecule has 0 aromatic rings. The van der Waals surface area contributed by atoms with Crippen molar-refractivity contribution in [2.75, 3.05) is 19.3 Å². The molecule has 1 unspecified atom stereocenters. The van der Waals surface area contributed by atoms with E-state index in [0.29, 0.717) is 5.17 Å². The number of hydrogen-bond acceptors (Lipinski definition) is 5. The zero-order valence-electron chi connectivity index (χ0n) is 16.7. The third-order valence-corrected chi connectivity index (χ3v) is 7.19. The summed E-state index contributed by atoms with van der Waals surface area (Å²) in [6.07, 6.45) is 10.0. The first kappa shape index (κ1) is 21.1. The normalized spacial score (nSPS) is 24.2. The van der Waals surface area contributed by atoms with Crippen molar-refractivity contribution in [2.45, 2.75) is 70.3 Å². The number of nitrogens with zero attached hydrogens (tertiary/aromatic N) is 2. The van der Waals surface area contributed by atoms with Crippen LogP contribution in [0.15, 0.2) is 5.10 Å². The number of amides is 2. The highest BCUT2D eigenvalue weighted by atomic mass is 32.2. The maximum atomic E-state index is 12.9. The SMILES string of the molecule is CN1CCS/C1=N/NC(=O)C(=O)C(NC(=O)C1CCCCC1)C1CCCCC1. The number of amidine groups is 1. The second-order valence-corrected chi connectivity index (χ2v) is 9.25. The van der Waals surface area contributed by atoms with Crippen molar-refractivity contribution < 1.29 is 14.4 Å². The molecule has 3 fully saturated rings. The summed E-state index contributed by atoms with van der Waals surface area (Å²) in [5, 5.41) is 7.76. The number of carbonyl (C=O) groups is 3. The molecule has 0 aromatic carbocycles. The fraction of sp³-hybridized carbons (Fsp3) is 0.800. The quantitative estimate of drug-likeness (QED) is 0.520. The van der Waals surface area contributed by atoms with Crippen LogP contribution >= 0.6 is 11.8 Å². The lowest BCUT2D eigenvalue weighted by molar-refractivity contribution is -0.141. The van der Waals surface area contributed by atoms with Crippen LogP contribution in [0.3, 0.4) is 0 Å². The number of rotatable bonds is 6. The van der Waals surface area contributed by atoms with E-state index in [9.17, 15) is 14.4 Å². The van der Waals surface area contributed by atoms with Crippen molar-refractivity contribution in [3.05, 3.63) is 0 Å². The smallest absolute Gasteiger partial charge is 0.309 e. The molecular weight excluding hydrogens is 376 g/mol. The Balaban J connectivity index is 1.65. The molecule has 2 N–H and O–H groups in total. The van der Waals surface area contributed by atoms with Crippen molar-refractivity contribution >= 4 is 34.5 Å². The second-order valence-electron chi connectivity index (χ2n) is 8.19. The molecular formula is C20H32N4O3S. The minimum absolute atomic E-state index is 0.0283. The molecule has 1 aliphatic heterocycles. The standard InChI is InChI=1S/C20H32N4O3S/c1-24-12-13-28-20(24)23-22-19(27)17(25)16(14-8-4-2-5-9-14)21-18(26)15-10-6-3-7-11-15/h14-16H,2-13H2,1H3,(H,21,26)(H,22,27)/b23-20+. The number of Topliss-reactive ketones (excluding diaryl/α,β-unsaturated/α-hetero) is 1. The molecule has 2 aliphatic carbocycles. The topological polar surface area (TPSA) is 90.9 Å². The lowest BCUT2D eigenvalue weighted by atomic mass is 9.81. The molecule has 28 heavy (non-hydrogen) atoms. The van der Waals surface area contributed by atoms with Gasteiger partial charge >= 0.3 is 5.91 Å². The first-order chi connectivity index (χ1) is 13.6. The summed E-state index contributed by atoms with van der Waals surface area (Å²) in [4.78, 5) is 40.1. The Morgan fingerprint density at radius 1 is 1.04 bits per heavy atom. The van der Waals surface area contributed by atoms with Crippen LogP contribution in [0.2, 0.25) is 0 Å². The van der Waals surface area contributed by atoms with Crippen molar-refractivity contribution in [3.8, 4) is 0 Å². The molecule has 2 saturated carbocycles. The summed E-state index contributed by atoms with van der Waals surface area (Å²) in [6, 6.07) is -0.733. The van der Waals surface area contributed by atoms with Gasteiger partial charge in [-0.25, -0.2) is 5.43 Å². The van der Waals surface area contributed by atoms with E-state index in [-0.39, 0.29) is 17.7 Å². The average molecular weight is 409 g/mol. The molecule has 0 bridgehead atoms. The minimum Gasteiger partial charge on any atom is -0.352 e. The first-order valence-electron chi connectivity index (χ1n) is 10.6. The van der Waals surface area contributed by atoms with E-state index in [0.717, 1.165) is 70.1 Å². The van der Waals surface area contributed by atoms with Gasteiger partial charge in [0.2, 0.25) is 11.7 Å². The van der Waals surface area contributed by atoms with E-state index >= 15 is 0 Å². The van der Waals surface area contributed by atoms with Crippen molar-refractivity contribution in [1.29, 1.82) is 0 Å². The summed E-state index contributed by atoms with van der Waals surface area (Å²) >= 11 is 1.55. The maximum Gasteiger partial charge on any atom is 0.309 e. The van der Waals surface area contributed by atoms with E-state index in [4.69, 9.17) is 0 Å². The van der Waals surface area contributed by atoms with Gasteiger partial charge in [0.1, 0.15) is 6.04 Å². The molecule has 3 rings (SSSR count). The van der Waals surface area contributed by atoms with Gasteiger partial charge in [0.25, 0.3) is 0 Å². The Hall–Kier alpha value is -1.57. The highest BCUT2D eigenvalue weighted by Crippen LogP contribution is 2.29. The molecule has 0 radical (unpaired) electrons. The van der Waals surface area contributed by atoms with Crippen LogP contribution in [0.4, 0.5) is 0 Å². The fourth-order valence-corrected chi connectivity index (χ4v) is 5.36. The van der Waals surface area contributed by atoms with Gasteiger partial charge in [-0.05, 0) is 31.6 Å². The maximum absolute atomic E-state index is 12.9. The number of thioether (sulfide) groups is 1. The van der Waals surface area contributed by atoms with Crippen LogP contribution in [0, 0.1) is 11.8 Å². The Morgan fingerprint density at radius 3 is 2.29 bits per heavy atom. The van der Waals surface area contributed by atoms with Gasteiger partial charge in [-0.3, -0.25) is 14.4 Å². The molecule has 1 saturated heterocycles. The second kappa shape index (κ2) is 10.3. The van der Waals surface area contributed by atoms with Crippen LogP contribution in [-0.2, 0) is 14.4 Å². The Labute approximate surface area is 171 Å². The van der Waals surface area contributed by atoms with E-state index in [1.807, 2.05) is 11.9 Å². The lowest BCUT2D eigenvalue weighted by Crippen LogP contribution is -2.52. The van der Waals surface area contributed by atoms with Crippen molar-refractivity contribution in [1.82, 2.24) is 15.6 Å². The van der Waals surface area contributed by atoms with Crippen molar-refractivity contribution in [2.24, 2.45) is 16.9 Å². The van der Waals surface area contributed by atoms with Gasteiger partial charge < -0.3 is 10.2 Å². The Morgan fingerprint density at radius 2 is 1.68 bits per heavy atom. The van der Waals surface area contributed by atoms with Gasteiger partial charge in [-0.1, -0.05) is 50.3 Å². The third kappa shape index (κ3) is 5.49. The van der Waals surface area contributed by atoms with Crippen LogP contribution in [-0.4, -0.2) is 53.1 Å². The summed E-state index contributed by atoms with van der Waals surface area (Å²) in [7, 11) is 1.90. The summed E-state index contributed by atoms with van der Waals surface area (Å²) in [6.45, 7) is 0.870. The Kier molecular flexibility index (Phi) is 7.76. The van der Waals surface area contributed by atoms with Gasteiger partial charge in [-0.15, -0.1) is 5.10 Å². The van der Waals surface area contributed by atoms with Gasteiger partial charge in [0, 0.05) is 25.3 Å². The van der Waals surface area contributed by atoms with Gasteiger partial charge in [-0.2, -0.15) is 0 Å². The highest BCUT2D eigenvalue weighted by molar-refractivity contribution is 8.14. The van der Waals surface area contributed by atoms with Gasteiger partial charge in [0.05, 0.1) is 0 Å². The van der Waals surface area contributed by atoms with Crippen LogP contribution in [0.5, 0.6) is 0 Å². The molecule has 1 heterocycles. The average Bonchev–Trinajstić information content (AvgIpc) is 3.15. The number of nitrogens with one attached hydrogen (secondary N) is 2. The summed E-state index contributed by atoms with van der Waals surface area (Å²) < 4.78 is 0. The third-order valence-electron chi connectivity index (χ3n) is 6.14. The first-order valence-corrected chi connectivity index (χ1v) is 11.6. The molecule has 7 nitrogen and oxygen atoms in total. The molecule has 1 atom stereocenters. The number of carbonyl (C=O) groups excluding carboxylic acids is 3. The zero-order chi connectivity index (χ0) is 19.9. The lowest BCUT2D eigenvalue weighted by Gasteiger charge is -2.31. The number of hydrogen-bond donors (Lipinski definition) is 2. The molecule has 0 aromatic heterocycles. The number of hydrazone groups is 1. The molecule has 8 heteroatoms. The van der Waals surface area contributed by atoms with Crippen molar-refractivity contribution in [3.63, 3.8) is 0 Å². The predicted molar refractivity (Wildman–Crippen MR) is 111 cm³/mol. The van der Waals surface area contributed by atoms with Crippen LogP contribution in [0.1, 0.15) is 64.2 Å². The Bertz CT molecular complexity index is 613. The minimum atomic E-state index is -0.733. The highest BCUT2D eigenvalue weighted by Gasteiger charge is 2.36. The number of ketones is 1. The molecule has 3 aliphatic rings. The molecule has 0 spiro atoms. The van der Waals surface area contributed by atoms with E-state index in [2.05, 4.69) is 15.8 Å². The summed E-state index contributed by atoms with van der Waals surface area (Å²) in [5.74, 6) is -0.426. The largest absolute Gasteiger partial charge is 0.352 e. The molecule has 2 amide bonds. The van der Waals surface area contributed by atoms with E-state index in [1.165, 1.54) is 6.42 Å². The van der Waals surface area contributed by atoms with E-state index < -0.39 is 17.7 Å². The monoisotopic (exact) mass is 408 g/mol. The van der Waals surface area contributed by atoms with Crippen LogP contribution in [0.25, 0.3) is 0 Å². The zero-order valence-corrected chi connectivity index (χ0v) is 17.6. The van der Waals surface area contributed by atoms with Crippen LogP contribution < -0.4 is 10.7 Å².